The molecule has 0 spiro atoms. The molecular formula is C13H17NO. The molecule has 2 rings (SSSR count). The number of benzene rings is 1. The average molecular weight is 203 g/mol. The molecule has 0 bridgehead atoms. The normalized spacial score (nSPS) is 25.6. The highest BCUT2D eigenvalue weighted by Gasteiger charge is 2.45. The van der Waals surface area contributed by atoms with Gasteiger partial charge in [-0.25, -0.2) is 0 Å². The number of rotatable bonds is 2. The molecule has 0 aromatic heterocycles. The largest absolute Gasteiger partial charge is 0.336 e. The molecule has 1 amide bonds. The van der Waals surface area contributed by atoms with Crippen LogP contribution in [-0.4, -0.2) is 22.9 Å². The molecule has 2 nitrogen and oxygen atoms in total. The minimum atomic E-state index is 0.0774. The first kappa shape index (κ1) is 10.2. The summed E-state index contributed by atoms with van der Waals surface area (Å²) in [4.78, 5) is 13.9. The van der Waals surface area contributed by atoms with Crippen LogP contribution in [0.4, 0.5) is 0 Å². The molecule has 0 saturated carbocycles. The monoisotopic (exact) mass is 203 g/mol. The van der Waals surface area contributed by atoms with Crippen molar-refractivity contribution >= 4 is 5.91 Å². The van der Waals surface area contributed by atoms with E-state index >= 15 is 0 Å². The minimum Gasteiger partial charge on any atom is -0.336 e. The molecule has 0 N–H and O–H groups in total. The fraction of sp³-hybridized carbons (Fsp3) is 0.462. The summed E-state index contributed by atoms with van der Waals surface area (Å²) in [6.07, 6.45) is 0. The summed E-state index contributed by atoms with van der Waals surface area (Å²) in [6, 6.07) is 10.7. The van der Waals surface area contributed by atoms with Gasteiger partial charge in [0.25, 0.3) is 0 Å². The Kier molecular flexibility index (Phi) is 2.51. The molecule has 0 radical (unpaired) electrons. The van der Waals surface area contributed by atoms with Gasteiger partial charge in [-0.2, -0.15) is 0 Å². The van der Waals surface area contributed by atoms with Crippen LogP contribution in [0.2, 0.25) is 0 Å². The van der Waals surface area contributed by atoms with E-state index in [1.807, 2.05) is 35.2 Å². The second-order valence-electron chi connectivity index (χ2n) is 4.47. The fourth-order valence-electron chi connectivity index (χ4n) is 2.45. The van der Waals surface area contributed by atoms with Gasteiger partial charge in [0.05, 0.1) is 5.92 Å². The lowest BCUT2D eigenvalue weighted by Crippen LogP contribution is -2.60. The van der Waals surface area contributed by atoms with Crippen LogP contribution >= 0.6 is 0 Å². The first-order chi connectivity index (χ1) is 7.13. The zero-order valence-electron chi connectivity index (χ0n) is 9.47. The summed E-state index contributed by atoms with van der Waals surface area (Å²) in [5, 5.41) is 0. The molecule has 15 heavy (non-hydrogen) atoms. The van der Waals surface area contributed by atoms with Crippen molar-refractivity contribution < 1.29 is 4.79 Å². The second-order valence-corrected chi connectivity index (χ2v) is 4.47. The lowest BCUT2D eigenvalue weighted by atomic mass is 9.81. The van der Waals surface area contributed by atoms with E-state index in [1.54, 1.807) is 0 Å². The van der Waals surface area contributed by atoms with Crippen molar-refractivity contribution in [3.05, 3.63) is 35.9 Å². The number of hydrogen-bond donors (Lipinski definition) is 0. The van der Waals surface area contributed by atoms with E-state index in [0.29, 0.717) is 12.1 Å². The quantitative estimate of drug-likeness (QED) is 0.676. The van der Waals surface area contributed by atoms with E-state index in [0.717, 1.165) is 5.56 Å². The molecule has 1 saturated heterocycles. The lowest BCUT2D eigenvalue weighted by molar-refractivity contribution is -0.151. The molecule has 0 unspecified atom stereocenters. The molecule has 0 aliphatic carbocycles. The van der Waals surface area contributed by atoms with Crippen molar-refractivity contribution in [2.45, 2.75) is 38.8 Å². The van der Waals surface area contributed by atoms with Crippen LogP contribution in [-0.2, 0) is 4.79 Å². The first-order valence-corrected chi connectivity index (χ1v) is 5.50. The number of carbonyl (C=O) groups is 1. The summed E-state index contributed by atoms with van der Waals surface area (Å²) >= 11 is 0. The van der Waals surface area contributed by atoms with Gasteiger partial charge >= 0.3 is 0 Å². The number of nitrogens with zero attached hydrogens (tertiary/aromatic N) is 1. The van der Waals surface area contributed by atoms with Crippen LogP contribution in [0.1, 0.15) is 32.3 Å². The van der Waals surface area contributed by atoms with Crippen molar-refractivity contribution in [1.82, 2.24) is 4.90 Å². The van der Waals surface area contributed by atoms with Gasteiger partial charge in [-0.3, -0.25) is 4.79 Å². The number of hydrogen-bond acceptors (Lipinski definition) is 1. The predicted molar refractivity (Wildman–Crippen MR) is 60.6 cm³/mol. The van der Waals surface area contributed by atoms with Crippen molar-refractivity contribution in [3.63, 3.8) is 0 Å². The van der Waals surface area contributed by atoms with Gasteiger partial charge in [0.2, 0.25) is 5.91 Å². The SMILES string of the molecule is CC(C)N1C(=O)[C@@H](c2ccccc2)[C@@H]1C. The average Bonchev–Trinajstić information content (AvgIpc) is 2.18. The molecule has 1 aromatic carbocycles. The summed E-state index contributed by atoms with van der Waals surface area (Å²) in [5.74, 6) is 0.345. The smallest absolute Gasteiger partial charge is 0.232 e. The van der Waals surface area contributed by atoms with E-state index in [9.17, 15) is 4.79 Å². The standard InChI is InChI=1S/C13H17NO/c1-9(2)14-10(3)12(13(14)15)11-7-5-4-6-8-11/h4-10,12H,1-3H3/t10-,12+/m0/s1. The maximum atomic E-state index is 11.9. The Balaban J connectivity index is 2.19. The molecule has 1 heterocycles. The van der Waals surface area contributed by atoms with Crippen molar-refractivity contribution in [3.8, 4) is 0 Å². The van der Waals surface area contributed by atoms with Crippen LogP contribution in [0.3, 0.4) is 0 Å². The van der Waals surface area contributed by atoms with Gasteiger partial charge in [0.1, 0.15) is 0 Å². The van der Waals surface area contributed by atoms with Crippen LogP contribution in [0.15, 0.2) is 30.3 Å². The van der Waals surface area contributed by atoms with E-state index in [4.69, 9.17) is 0 Å². The van der Waals surface area contributed by atoms with Gasteiger partial charge in [-0.1, -0.05) is 30.3 Å². The zero-order valence-corrected chi connectivity index (χ0v) is 9.47. The Morgan fingerprint density at radius 2 is 1.80 bits per heavy atom. The molecule has 1 fully saturated rings. The van der Waals surface area contributed by atoms with E-state index in [2.05, 4.69) is 20.8 Å². The van der Waals surface area contributed by atoms with Crippen molar-refractivity contribution in [1.29, 1.82) is 0 Å². The number of β-lactam (4-membered cyclic amide) rings is 1. The number of amides is 1. The topological polar surface area (TPSA) is 20.3 Å². The molecule has 1 aliphatic rings. The lowest BCUT2D eigenvalue weighted by Gasteiger charge is -2.48. The second kappa shape index (κ2) is 3.69. The highest BCUT2D eigenvalue weighted by molar-refractivity contribution is 5.91. The third kappa shape index (κ3) is 1.54. The minimum absolute atomic E-state index is 0.0774. The molecule has 80 valence electrons. The Morgan fingerprint density at radius 1 is 1.20 bits per heavy atom. The molecule has 1 aromatic rings. The van der Waals surface area contributed by atoms with E-state index in [1.165, 1.54) is 0 Å². The van der Waals surface area contributed by atoms with Gasteiger partial charge in [0, 0.05) is 12.1 Å². The van der Waals surface area contributed by atoms with Gasteiger partial charge < -0.3 is 4.90 Å². The zero-order chi connectivity index (χ0) is 11.0. The summed E-state index contributed by atoms with van der Waals surface area (Å²) in [6.45, 7) is 6.25. The number of likely N-dealkylation sites (tertiary alicyclic amines) is 1. The Bertz CT molecular complexity index is 358. The first-order valence-electron chi connectivity index (χ1n) is 5.50. The summed E-state index contributed by atoms with van der Waals surface area (Å²) in [7, 11) is 0. The van der Waals surface area contributed by atoms with Crippen LogP contribution in [0.5, 0.6) is 0 Å². The molecule has 2 atom stereocenters. The van der Waals surface area contributed by atoms with Crippen molar-refractivity contribution in [2.75, 3.05) is 0 Å². The molecule has 1 aliphatic heterocycles. The van der Waals surface area contributed by atoms with Crippen molar-refractivity contribution in [2.24, 2.45) is 0 Å². The fourth-order valence-corrected chi connectivity index (χ4v) is 2.45. The maximum absolute atomic E-state index is 11.9. The third-order valence-corrected chi connectivity index (χ3v) is 3.16. The highest BCUT2D eigenvalue weighted by Crippen LogP contribution is 2.36. The summed E-state index contributed by atoms with van der Waals surface area (Å²) < 4.78 is 0. The van der Waals surface area contributed by atoms with Crippen LogP contribution < -0.4 is 0 Å². The van der Waals surface area contributed by atoms with Gasteiger partial charge in [-0.15, -0.1) is 0 Å². The Morgan fingerprint density at radius 3 is 2.27 bits per heavy atom. The number of carbonyl (C=O) groups excluding carboxylic acids is 1. The Hall–Kier alpha value is -1.31. The maximum Gasteiger partial charge on any atom is 0.232 e. The van der Waals surface area contributed by atoms with E-state index in [-0.39, 0.29) is 11.8 Å². The van der Waals surface area contributed by atoms with Gasteiger partial charge in [-0.05, 0) is 26.3 Å². The van der Waals surface area contributed by atoms with Crippen LogP contribution in [0, 0.1) is 0 Å². The molecular weight excluding hydrogens is 186 g/mol. The highest BCUT2D eigenvalue weighted by atomic mass is 16.2. The van der Waals surface area contributed by atoms with E-state index < -0.39 is 0 Å². The Labute approximate surface area is 90.9 Å². The molecule has 2 heteroatoms. The van der Waals surface area contributed by atoms with Gasteiger partial charge in [0.15, 0.2) is 0 Å². The third-order valence-electron chi connectivity index (χ3n) is 3.16. The summed E-state index contributed by atoms with van der Waals surface area (Å²) in [5.41, 5.74) is 1.15. The predicted octanol–water partition coefficient (Wildman–Crippen LogP) is 2.41. The van der Waals surface area contributed by atoms with Crippen LogP contribution in [0.25, 0.3) is 0 Å².